The van der Waals surface area contributed by atoms with Gasteiger partial charge in [-0.2, -0.15) is 5.10 Å². The van der Waals surface area contributed by atoms with E-state index in [1.54, 1.807) is 39.2 Å². The minimum Gasteiger partial charge on any atom is -0.355 e. The number of nitrogens with one attached hydrogen (secondary N) is 1. The summed E-state index contributed by atoms with van der Waals surface area (Å²) in [6, 6.07) is 13.8. The normalized spacial score (nSPS) is 15.8. The predicted octanol–water partition coefficient (Wildman–Crippen LogP) is 4.07. The maximum absolute atomic E-state index is 13.6. The Labute approximate surface area is 206 Å². The molecule has 1 aliphatic rings. The Morgan fingerprint density at radius 2 is 1.91 bits per heavy atom. The van der Waals surface area contributed by atoms with Gasteiger partial charge in [-0.25, -0.2) is 9.07 Å². The zero-order valence-electron chi connectivity index (χ0n) is 19.1. The fourth-order valence-electron chi connectivity index (χ4n) is 4.44. The molecule has 0 unspecified atom stereocenters. The number of hydrogen-bond donors (Lipinski definition) is 1. The van der Waals surface area contributed by atoms with Crippen LogP contribution in [0.2, 0.25) is 0 Å². The van der Waals surface area contributed by atoms with Crippen molar-refractivity contribution in [2.24, 2.45) is 5.92 Å². The maximum atomic E-state index is 13.6. The summed E-state index contributed by atoms with van der Waals surface area (Å²) >= 11 is 1.68. The lowest BCUT2D eigenvalue weighted by Gasteiger charge is -2.32. The highest BCUT2D eigenvalue weighted by Crippen LogP contribution is 2.24. The van der Waals surface area contributed by atoms with Gasteiger partial charge in [0.2, 0.25) is 5.91 Å². The van der Waals surface area contributed by atoms with Crippen LogP contribution >= 0.6 is 11.3 Å². The van der Waals surface area contributed by atoms with Crippen molar-refractivity contribution in [2.45, 2.75) is 19.3 Å². The molecule has 7 nitrogen and oxygen atoms in total. The van der Waals surface area contributed by atoms with Gasteiger partial charge in [-0.3, -0.25) is 9.59 Å². The van der Waals surface area contributed by atoms with Crippen LogP contribution in [0.15, 0.2) is 72.5 Å². The van der Waals surface area contributed by atoms with Gasteiger partial charge in [0.25, 0.3) is 5.91 Å². The zero-order chi connectivity index (χ0) is 24.2. The van der Waals surface area contributed by atoms with Crippen molar-refractivity contribution < 1.29 is 14.0 Å². The van der Waals surface area contributed by atoms with Crippen LogP contribution in [0.4, 0.5) is 4.39 Å². The molecule has 9 heteroatoms. The molecule has 2 amide bonds. The van der Waals surface area contributed by atoms with Gasteiger partial charge in [0, 0.05) is 36.9 Å². The molecule has 0 saturated carbocycles. The SMILES string of the molecule is O=C(NCCc1cccs1)[C@@H]1CCCN(C(=O)c2cnn(-c3ccc(F)cc3)c2-n2cccc2)C1. The van der Waals surface area contributed by atoms with Crippen molar-refractivity contribution in [3.63, 3.8) is 0 Å². The first-order chi connectivity index (χ1) is 17.1. The van der Waals surface area contributed by atoms with E-state index in [0.29, 0.717) is 36.7 Å². The lowest BCUT2D eigenvalue weighted by atomic mass is 9.96. The quantitative estimate of drug-likeness (QED) is 0.424. The van der Waals surface area contributed by atoms with Crippen LogP contribution in [-0.2, 0) is 11.2 Å². The molecule has 1 aromatic carbocycles. The monoisotopic (exact) mass is 491 g/mol. The third kappa shape index (κ3) is 5.05. The van der Waals surface area contributed by atoms with Crippen LogP contribution in [0.1, 0.15) is 28.1 Å². The van der Waals surface area contributed by atoms with Gasteiger partial charge in [0.15, 0.2) is 5.82 Å². The largest absolute Gasteiger partial charge is 0.355 e. The Kier molecular flexibility index (Phi) is 6.76. The summed E-state index contributed by atoms with van der Waals surface area (Å²) in [5.74, 6) is -0.176. The number of hydrogen-bond acceptors (Lipinski definition) is 4. The minimum absolute atomic E-state index is 0.00769. The first-order valence-corrected chi connectivity index (χ1v) is 12.5. The summed E-state index contributed by atoms with van der Waals surface area (Å²) in [5, 5.41) is 9.52. The van der Waals surface area contributed by atoms with Crippen LogP contribution in [0.5, 0.6) is 0 Å². The van der Waals surface area contributed by atoms with Crippen LogP contribution in [-0.4, -0.2) is 50.7 Å². The van der Waals surface area contributed by atoms with Crippen LogP contribution in [0, 0.1) is 11.7 Å². The van der Waals surface area contributed by atoms with E-state index in [-0.39, 0.29) is 23.5 Å². The molecule has 0 bridgehead atoms. The molecule has 1 atom stereocenters. The van der Waals surface area contributed by atoms with Crippen molar-refractivity contribution in [1.29, 1.82) is 0 Å². The zero-order valence-corrected chi connectivity index (χ0v) is 20.0. The lowest BCUT2D eigenvalue weighted by Crippen LogP contribution is -2.45. The molecular weight excluding hydrogens is 465 g/mol. The maximum Gasteiger partial charge on any atom is 0.259 e. The van der Waals surface area contributed by atoms with Crippen molar-refractivity contribution in [3.8, 4) is 11.5 Å². The molecule has 5 rings (SSSR count). The van der Waals surface area contributed by atoms with E-state index < -0.39 is 0 Å². The molecule has 1 aliphatic heterocycles. The number of piperidine rings is 1. The number of nitrogens with zero attached hydrogens (tertiary/aromatic N) is 4. The molecule has 35 heavy (non-hydrogen) atoms. The molecule has 0 spiro atoms. The van der Waals surface area contributed by atoms with Gasteiger partial charge in [-0.15, -0.1) is 11.3 Å². The summed E-state index contributed by atoms with van der Waals surface area (Å²) in [6.07, 6.45) is 7.56. The highest BCUT2D eigenvalue weighted by Gasteiger charge is 2.31. The minimum atomic E-state index is -0.340. The van der Waals surface area contributed by atoms with Gasteiger partial charge in [-0.05, 0) is 67.1 Å². The molecule has 1 N–H and O–H groups in total. The van der Waals surface area contributed by atoms with Gasteiger partial charge < -0.3 is 14.8 Å². The summed E-state index contributed by atoms with van der Waals surface area (Å²) in [6.45, 7) is 1.55. The van der Waals surface area contributed by atoms with E-state index in [0.717, 1.165) is 19.3 Å². The molecule has 4 aromatic rings. The molecule has 0 aliphatic carbocycles. The molecule has 180 valence electrons. The van der Waals surface area contributed by atoms with Crippen LogP contribution in [0.25, 0.3) is 11.5 Å². The first-order valence-electron chi connectivity index (χ1n) is 11.7. The Balaban J connectivity index is 1.33. The van der Waals surface area contributed by atoms with Crippen LogP contribution in [0.3, 0.4) is 0 Å². The van der Waals surface area contributed by atoms with Gasteiger partial charge in [-0.1, -0.05) is 6.07 Å². The molecule has 1 saturated heterocycles. The third-order valence-corrected chi connectivity index (χ3v) is 7.16. The van der Waals surface area contributed by atoms with E-state index in [2.05, 4.69) is 16.5 Å². The fraction of sp³-hybridized carbons (Fsp3) is 0.269. The van der Waals surface area contributed by atoms with Crippen molar-refractivity contribution in [1.82, 2.24) is 24.6 Å². The second-order valence-electron chi connectivity index (χ2n) is 8.57. The average molecular weight is 492 g/mol. The third-order valence-electron chi connectivity index (χ3n) is 6.22. The molecule has 3 aromatic heterocycles. The lowest BCUT2D eigenvalue weighted by molar-refractivity contribution is -0.126. The predicted molar refractivity (Wildman–Crippen MR) is 133 cm³/mol. The average Bonchev–Trinajstić information content (AvgIpc) is 3.66. The van der Waals surface area contributed by atoms with Gasteiger partial charge in [0.1, 0.15) is 11.4 Å². The topological polar surface area (TPSA) is 72.2 Å². The summed E-state index contributed by atoms with van der Waals surface area (Å²) in [5.41, 5.74) is 1.08. The molecule has 0 radical (unpaired) electrons. The number of carbonyl (C=O) groups is 2. The number of benzene rings is 1. The van der Waals surface area contributed by atoms with Crippen molar-refractivity contribution >= 4 is 23.2 Å². The van der Waals surface area contributed by atoms with E-state index >= 15 is 0 Å². The summed E-state index contributed by atoms with van der Waals surface area (Å²) in [7, 11) is 0. The summed E-state index contributed by atoms with van der Waals surface area (Å²) in [4.78, 5) is 29.4. The smallest absolute Gasteiger partial charge is 0.259 e. The standard InChI is InChI=1S/C26H26FN5O2S/c27-20-7-9-21(10-8-20)32-25(30-13-1-2-14-30)23(17-29-32)26(34)31-15-3-5-19(18-31)24(33)28-12-11-22-6-4-16-35-22/h1-2,4,6-10,13-14,16-17,19H,3,5,11-12,15,18H2,(H,28,33)/t19-/m1/s1. The molecular formula is C26H26FN5O2S. The van der Waals surface area contributed by atoms with Gasteiger partial charge >= 0.3 is 0 Å². The van der Waals surface area contributed by atoms with Gasteiger partial charge in [0.05, 0.1) is 17.8 Å². The fourth-order valence-corrected chi connectivity index (χ4v) is 5.15. The van der Waals surface area contributed by atoms with Crippen LogP contribution < -0.4 is 5.32 Å². The number of aromatic nitrogens is 3. The number of thiophene rings is 1. The first kappa shape index (κ1) is 23.0. The Morgan fingerprint density at radius 1 is 1.11 bits per heavy atom. The molecule has 1 fully saturated rings. The Hall–Kier alpha value is -3.72. The second-order valence-corrected chi connectivity index (χ2v) is 9.60. The molecule has 4 heterocycles. The van der Waals surface area contributed by atoms with Crippen molar-refractivity contribution in [2.75, 3.05) is 19.6 Å². The number of halogens is 1. The van der Waals surface area contributed by atoms with E-state index in [1.165, 1.54) is 17.0 Å². The summed E-state index contributed by atoms with van der Waals surface area (Å²) < 4.78 is 16.9. The second kappa shape index (κ2) is 10.3. The van der Waals surface area contributed by atoms with E-state index in [9.17, 15) is 14.0 Å². The van der Waals surface area contributed by atoms with Crippen molar-refractivity contribution in [3.05, 3.63) is 88.8 Å². The van der Waals surface area contributed by atoms with E-state index in [4.69, 9.17) is 0 Å². The highest BCUT2D eigenvalue weighted by atomic mass is 32.1. The number of amides is 2. The Morgan fingerprint density at radius 3 is 2.66 bits per heavy atom. The Bertz CT molecular complexity index is 1280. The number of rotatable bonds is 7. The highest BCUT2D eigenvalue weighted by molar-refractivity contribution is 7.09. The number of likely N-dealkylation sites (tertiary alicyclic amines) is 1. The number of carbonyl (C=O) groups excluding carboxylic acids is 2. The van der Waals surface area contributed by atoms with E-state index in [1.807, 2.05) is 40.5 Å².